The van der Waals surface area contributed by atoms with E-state index in [0.29, 0.717) is 19.5 Å². The molecule has 0 aliphatic heterocycles. The lowest BCUT2D eigenvalue weighted by molar-refractivity contribution is -0.137. The van der Waals surface area contributed by atoms with Crippen LogP contribution in [0.25, 0.3) is 0 Å². The van der Waals surface area contributed by atoms with E-state index >= 15 is 0 Å². The van der Waals surface area contributed by atoms with Gasteiger partial charge in [-0.15, -0.1) is 0 Å². The third-order valence-corrected chi connectivity index (χ3v) is 3.62. The fraction of sp³-hybridized carbons (Fsp3) is 0.846. The molecule has 3 N–H and O–H groups in total. The summed E-state index contributed by atoms with van der Waals surface area (Å²) in [5, 5.41) is 13.9. The molecule has 0 aromatic rings. The van der Waals surface area contributed by atoms with Gasteiger partial charge in [-0.05, 0) is 19.3 Å². The molecule has 0 bridgehead atoms. The van der Waals surface area contributed by atoms with Crippen LogP contribution in [0.15, 0.2) is 0 Å². The van der Waals surface area contributed by atoms with E-state index < -0.39 is 5.97 Å². The van der Waals surface area contributed by atoms with Crippen molar-refractivity contribution in [1.29, 1.82) is 0 Å². The molecule has 19 heavy (non-hydrogen) atoms. The van der Waals surface area contributed by atoms with Gasteiger partial charge in [0.15, 0.2) is 0 Å². The number of carboxylic acids is 1. The van der Waals surface area contributed by atoms with E-state index in [1.54, 1.807) is 7.11 Å². The maximum Gasteiger partial charge on any atom is 0.314 e. The summed E-state index contributed by atoms with van der Waals surface area (Å²) in [6, 6.07) is -0.257. The van der Waals surface area contributed by atoms with Crippen molar-refractivity contribution in [3.8, 4) is 0 Å². The highest BCUT2D eigenvalue weighted by Gasteiger charge is 2.32. The molecule has 0 spiro atoms. The largest absolute Gasteiger partial charge is 0.481 e. The number of urea groups is 1. The van der Waals surface area contributed by atoms with Gasteiger partial charge in [-0.25, -0.2) is 4.79 Å². The average Bonchev–Trinajstić information content (AvgIpc) is 2.42. The zero-order valence-electron chi connectivity index (χ0n) is 11.5. The SMILES string of the molecule is COC1(CNC(=O)NCCCC(=O)O)CCCCC1. The standard InChI is InChI=1S/C13H24N2O4/c1-19-13(7-3-2-4-8-13)10-15-12(18)14-9-5-6-11(16)17/h2-10H2,1H3,(H,16,17)(H2,14,15,18). The number of carbonyl (C=O) groups excluding carboxylic acids is 1. The summed E-state index contributed by atoms with van der Waals surface area (Å²) in [7, 11) is 1.69. The number of hydrogen-bond donors (Lipinski definition) is 3. The van der Waals surface area contributed by atoms with Crippen LogP contribution in [0.2, 0.25) is 0 Å². The van der Waals surface area contributed by atoms with Crippen LogP contribution in [0, 0.1) is 0 Å². The van der Waals surface area contributed by atoms with Gasteiger partial charge < -0.3 is 20.5 Å². The molecule has 1 aliphatic rings. The summed E-state index contributed by atoms with van der Waals surface area (Å²) in [6.45, 7) is 0.881. The van der Waals surface area contributed by atoms with E-state index in [2.05, 4.69) is 10.6 Å². The molecule has 0 aromatic carbocycles. The van der Waals surface area contributed by atoms with Gasteiger partial charge in [0.1, 0.15) is 0 Å². The van der Waals surface area contributed by atoms with Gasteiger partial charge in [-0.1, -0.05) is 19.3 Å². The van der Waals surface area contributed by atoms with E-state index in [1.165, 1.54) is 6.42 Å². The molecule has 1 fully saturated rings. The number of rotatable bonds is 7. The number of amides is 2. The van der Waals surface area contributed by atoms with E-state index in [0.717, 1.165) is 25.7 Å². The smallest absolute Gasteiger partial charge is 0.314 e. The van der Waals surface area contributed by atoms with E-state index in [1.807, 2.05) is 0 Å². The van der Waals surface area contributed by atoms with Gasteiger partial charge in [0.25, 0.3) is 0 Å². The molecule has 1 saturated carbocycles. The summed E-state index contributed by atoms with van der Waals surface area (Å²) in [6.07, 6.45) is 5.96. The number of hydrogen-bond acceptors (Lipinski definition) is 3. The lowest BCUT2D eigenvalue weighted by Crippen LogP contribution is -2.48. The molecule has 0 unspecified atom stereocenters. The van der Waals surface area contributed by atoms with E-state index in [4.69, 9.17) is 9.84 Å². The Morgan fingerprint density at radius 3 is 2.47 bits per heavy atom. The van der Waals surface area contributed by atoms with Crippen molar-refractivity contribution in [1.82, 2.24) is 10.6 Å². The van der Waals surface area contributed by atoms with Crippen molar-refractivity contribution in [2.24, 2.45) is 0 Å². The first-order chi connectivity index (χ1) is 9.08. The summed E-state index contributed by atoms with van der Waals surface area (Å²) < 4.78 is 5.57. The molecular formula is C13H24N2O4. The van der Waals surface area contributed by atoms with Crippen molar-refractivity contribution >= 4 is 12.0 Å². The van der Waals surface area contributed by atoms with E-state index in [9.17, 15) is 9.59 Å². The first kappa shape index (κ1) is 15.8. The lowest BCUT2D eigenvalue weighted by Gasteiger charge is -2.36. The summed E-state index contributed by atoms with van der Waals surface area (Å²) in [5.74, 6) is -0.845. The first-order valence-electron chi connectivity index (χ1n) is 6.87. The second kappa shape index (κ2) is 7.99. The highest BCUT2D eigenvalue weighted by Crippen LogP contribution is 2.30. The zero-order chi connectivity index (χ0) is 14.1. The number of nitrogens with one attached hydrogen (secondary N) is 2. The molecule has 110 valence electrons. The van der Waals surface area contributed by atoms with Crippen LogP contribution in [-0.2, 0) is 9.53 Å². The van der Waals surface area contributed by atoms with Crippen LogP contribution in [-0.4, -0.2) is 42.9 Å². The van der Waals surface area contributed by atoms with E-state index in [-0.39, 0.29) is 18.1 Å². The highest BCUT2D eigenvalue weighted by atomic mass is 16.5. The number of carboxylic acid groups (broad SMARTS) is 1. The summed E-state index contributed by atoms with van der Waals surface area (Å²) >= 11 is 0. The fourth-order valence-corrected chi connectivity index (χ4v) is 2.39. The molecule has 0 radical (unpaired) electrons. The Morgan fingerprint density at radius 1 is 1.21 bits per heavy atom. The number of ether oxygens (including phenoxy) is 1. The lowest BCUT2D eigenvalue weighted by atomic mass is 9.84. The van der Waals surface area contributed by atoms with Crippen LogP contribution >= 0.6 is 0 Å². The van der Waals surface area contributed by atoms with Crippen LogP contribution in [0.1, 0.15) is 44.9 Å². The predicted octanol–water partition coefficient (Wildman–Crippen LogP) is 1.50. The monoisotopic (exact) mass is 272 g/mol. The van der Waals surface area contributed by atoms with Crippen molar-refractivity contribution in [2.45, 2.75) is 50.5 Å². The molecule has 6 heteroatoms. The minimum atomic E-state index is -0.845. The van der Waals surface area contributed by atoms with Gasteiger partial charge in [-0.3, -0.25) is 4.79 Å². The molecule has 6 nitrogen and oxygen atoms in total. The molecule has 0 atom stereocenters. The van der Waals surface area contributed by atoms with Crippen LogP contribution in [0.5, 0.6) is 0 Å². The molecule has 0 saturated heterocycles. The fourth-order valence-electron chi connectivity index (χ4n) is 2.39. The van der Waals surface area contributed by atoms with Gasteiger partial charge in [0.05, 0.1) is 5.60 Å². The second-order valence-corrected chi connectivity index (χ2v) is 5.05. The maximum atomic E-state index is 11.6. The minimum absolute atomic E-state index is 0.0717. The van der Waals surface area contributed by atoms with Crippen molar-refractivity contribution in [3.05, 3.63) is 0 Å². The molecule has 0 heterocycles. The molecule has 1 rings (SSSR count). The minimum Gasteiger partial charge on any atom is -0.481 e. The Balaban J connectivity index is 2.19. The third kappa shape index (κ3) is 5.92. The zero-order valence-corrected chi connectivity index (χ0v) is 11.5. The first-order valence-corrected chi connectivity index (χ1v) is 6.87. The molecule has 1 aliphatic carbocycles. The van der Waals surface area contributed by atoms with Crippen LogP contribution < -0.4 is 10.6 Å². The van der Waals surface area contributed by atoms with Gasteiger partial charge >= 0.3 is 12.0 Å². The quantitative estimate of drug-likeness (QED) is 0.613. The van der Waals surface area contributed by atoms with Gasteiger partial charge in [0.2, 0.25) is 0 Å². The third-order valence-electron chi connectivity index (χ3n) is 3.62. The summed E-state index contributed by atoms with van der Waals surface area (Å²) in [4.78, 5) is 21.9. The predicted molar refractivity (Wildman–Crippen MR) is 71.1 cm³/mol. The average molecular weight is 272 g/mol. The normalized spacial score (nSPS) is 17.7. The topological polar surface area (TPSA) is 87.7 Å². The van der Waals surface area contributed by atoms with Gasteiger partial charge in [-0.2, -0.15) is 0 Å². The number of carbonyl (C=O) groups is 2. The Kier molecular flexibility index (Phi) is 6.62. The number of methoxy groups -OCH3 is 1. The highest BCUT2D eigenvalue weighted by molar-refractivity contribution is 5.74. The van der Waals surface area contributed by atoms with Crippen molar-refractivity contribution < 1.29 is 19.4 Å². The maximum absolute atomic E-state index is 11.6. The van der Waals surface area contributed by atoms with Crippen LogP contribution in [0.4, 0.5) is 4.79 Å². The Bertz CT molecular complexity index is 301. The van der Waals surface area contributed by atoms with Crippen molar-refractivity contribution in [2.75, 3.05) is 20.2 Å². The number of aliphatic carboxylic acids is 1. The Labute approximate surface area is 113 Å². The van der Waals surface area contributed by atoms with Crippen LogP contribution in [0.3, 0.4) is 0 Å². The Morgan fingerprint density at radius 2 is 1.89 bits per heavy atom. The second-order valence-electron chi connectivity index (χ2n) is 5.05. The molecule has 0 aromatic heterocycles. The summed E-state index contributed by atoms with van der Waals surface area (Å²) in [5.41, 5.74) is -0.226. The van der Waals surface area contributed by atoms with Crippen molar-refractivity contribution in [3.63, 3.8) is 0 Å². The Hall–Kier alpha value is -1.30. The molecule has 2 amide bonds. The molecular weight excluding hydrogens is 248 g/mol. The van der Waals surface area contributed by atoms with Gasteiger partial charge in [0, 0.05) is 26.6 Å².